The van der Waals surface area contributed by atoms with Gasteiger partial charge in [0.25, 0.3) is 0 Å². The van der Waals surface area contributed by atoms with E-state index in [9.17, 15) is 18.0 Å². The molecule has 1 aliphatic rings. The summed E-state index contributed by atoms with van der Waals surface area (Å²) in [6, 6.07) is -0.249. The fourth-order valence-corrected chi connectivity index (χ4v) is 2.77. The second kappa shape index (κ2) is 6.83. The van der Waals surface area contributed by atoms with Crippen molar-refractivity contribution in [3.63, 3.8) is 0 Å². The lowest BCUT2D eigenvalue weighted by Gasteiger charge is -2.23. The minimum absolute atomic E-state index is 0.0664. The Morgan fingerprint density at radius 2 is 2.05 bits per heavy atom. The first-order valence-electron chi connectivity index (χ1n) is 6.51. The molecule has 2 unspecified atom stereocenters. The van der Waals surface area contributed by atoms with Gasteiger partial charge in [0.15, 0.2) is 0 Å². The zero-order valence-electron chi connectivity index (χ0n) is 11.5. The number of carbonyl (C=O) groups is 1. The van der Waals surface area contributed by atoms with E-state index >= 15 is 0 Å². The van der Waals surface area contributed by atoms with E-state index in [1.165, 1.54) is 0 Å². The van der Waals surface area contributed by atoms with Crippen LogP contribution in [0.4, 0.5) is 13.2 Å². The van der Waals surface area contributed by atoms with Crippen molar-refractivity contribution in [1.29, 1.82) is 0 Å². The molecule has 1 saturated heterocycles. The summed E-state index contributed by atoms with van der Waals surface area (Å²) >= 11 is -0.0716. The van der Waals surface area contributed by atoms with Crippen LogP contribution in [0.2, 0.25) is 0 Å². The van der Waals surface area contributed by atoms with Gasteiger partial charge >= 0.3 is 5.51 Å². The highest BCUT2D eigenvalue weighted by molar-refractivity contribution is 8.00. The smallest absolute Gasteiger partial charge is 0.325 e. The van der Waals surface area contributed by atoms with Crippen molar-refractivity contribution in [3.8, 4) is 0 Å². The molecule has 0 aromatic carbocycles. The molecule has 0 aromatic heterocycles. The Bertz CT molecular complexity index is 310. The third-order valence-electron chi connectivity index (χ3n) is 3.04. The zero-order chi connectivity index (χ0) is 14.6. The average molecular weight is 298 g/mol. The van der Waals surface area contributed by atoms with E-state index in [4.69, 9.17) is 0 Å². The maximum atomic E-state index is 12.1. The Morgan fingerprint density at radius 1 is 1.42 bits per heavy atom. The highest BCUT2D eigenvalue weighted by atomic mass is 32.2. The lowest BCUT2D eigenvalue weighted by molar-refractivity contribution is -0.130. The predicted octanol–water partition coefficient (Wildman–Crippen LogP) is 2.82. The van der Waals surface area contributed by atoms with Gasteiger partial charge in [-0.2, -0.15) is 13.2 Å². The second-order valence-corrected chi connectivity index (χ2v) is 6.26. The number of nitrogens with zero attached hydrogens (tertiary/aromatic N) is 1. The van der Waals surface area contributed by atoms with Crippen LogP contribution in [0.3, 0.4) is 0 Å². The Balaban J connectivity index is 2.53. The predicted molar refractivity (Wildman–Crippen MR) is 70.7 cm³/mol. The SMILES string of the molecule is CCC1NC(CC(C)C)C(=O)N1CCSC(F)(F)F. The first-order valence-corrected chi connectivity index (χ1v) is 7.50. The minimum Gasteiger partial charge on any atom is -0.325 e. The molecule has 1 N–H and O–H groups in total. The Labute approximate surface area is 116 Å². The summed E-state index contributed by atoms with van der Waals surface area (Å²) in [6.45, 7) is 6.12. The number of rotatable bonds is 6. The van der Waals surface area contributed by atoms with Crippen LogP contribution in [0.1, 0.15) is 33.6 Å². The summed E-state index contributed by atoms with van der Waals surface area (Å²) in [7, 11) is 0. The van der Waals surface area contributed by atoms with E-state index in [2.05, 4.69) is 5.32 Å². The third-order valence-corrected chi connectivity index (χ3v) is 3.76. The lowest BCUT2D eigenvalue weighted by Crippen LogP contribution is -2.38. The van der Waals surface area contributed by atoms with Gasteiger partial charge in [0.2, 0.25) is 5.91 Å². The Morgan fingerprint density at radius 3 is 2.53 bits per heavy atom. The van der Waals surface area contributed by atoms with Gasteiger partial charge in [-0.25, -0.2) is 0 Å². The van der Waals surface area contributed by atoms with Gasteiger partial charge in [0.05, 0.1) is 12.2 Å². The van der Waals surface area contributed by atoms with Crippen molar-refractivity contribution >= 4 is 17.7 Å². The highest BCUT2D eigenvalue weighted by Crippen LogP contribution is 2.30. The number of nitrogens with one attached hydrogen (secondary N) is 1. The van der Waals surface area contributed by atoms with Crippen LogP contribution < -0.4 is 5.32 Å². The van der Waals surface area contributed by atoms with Crippen molar-refractivity contribution in [2.24, 2.45) is 5.92 Å². The molecule has 0 aliphatic carbocycles. The van der Waals surface area contributed by atoms with E-state index in [1.807, 2.05) is 20.8 Å². The van der Waals surface area contributed by atoms with Crippen molar-refractivity contribution in [2.45, 2.75) is 51.3 Å². The minimum atomic E-state index is -4.23. The molecule has 0 bridgehead atoms. The second-order valence-electron chi connectivity index (χ2n) is 5.10. The van der Waals surface area contributed by atoms with Gasteiger partial charge < -0.3 is 4.90 Å². The summed E-state index contributed by atoms with van der Waals surface area (Å²) in [5.41, 5.74) is -4.23. The summed E-state index contributed by atoms with van der Waals surface area (Å²) < 4.78 is 36.3. The van der Waals surface area contributed by atoms with E-state index in [-0.39, 0.29) is 42.2 Å². The van der Waals surface area contributed by atoms with Crippen LogP contribution in [-0.4, -0.2) is 40.8 Å². The molecular formula is C12H21F3N2OS. The van der Waals surface area contributed by atoms with Gasteiger partial charge in [-0.15, -0.1) is 0 Å². The molecule has 0 saturated carbocycles. The van der Waals surface area contributed by atoms with Gasteiger partial charge in [0.1, 0.15) is 0 Å². The molecule has 1 heterocycles. The van der Waals surface area contributed by atoms with Gasteiger partial charge in [-0.1, -0.05) is 20.8 Å². The van der Waals surface area contributed by atoms with E-state index in [0.29, 0.717) is 12.3 Å². The highest BCUT2D eigenvalue weighted by Gasteiger charge is 2.38. The fraction of sp³-hybridized carbons (Fsp3) is 0.917. The number of thioether (sulfide) groups is 1. The molecule has 0 aromatic rings. The van der Waals surface area contributed by atoms with Crippen LogP contribution in [0.25, 0.3) is 0 Å². The molecule has 1 rings (SSSR count). The van der Waals surface area contributed by atoms with Crippen LogP contribution in [0, 0.1) is 5.92 Å². The standard InChI is InChI=1S/C12H21F3N2OS/c1-4-10-16-9(7-8(2)3)11(18)17(10)5-6-19-12(13,14)15/h8-10,16H,4-7H2,1-3H3. The Kier molecular flexibility index (Phi) is 5.98. The monoisotopic (exact) mass is 298 g/mol. The van der Waals surface area contributed by atoms with Crippen molar-refractivity contribution in [3.05, 3.63) is 0 Å². The average Bonchev–Trinajstić information content (AvgIpc) is 2.55. The fourth-order valence-electron chi connectivity index (χ4n) is 2.25. The summed E-state index contributed by atoms with van der Waals surface area (Å²) in [4.78, 5) is 13.7. The summed E-state index contributed by atoms with van der Waals surface area (Å²) in [5, 5.41) is 3.21. The number of hydrogen-bond acceptors (Lipinski definition) is 3. The largest absolute Gasteiger partial charge is 0.441 e. The first-order chi connectivity index (χ1) is 8.74. The summed E-state index contributed by atoms with van der Waals surface area (Å²) in [6.07, 6.45) is 1.29. The molecule has 2 atom stereocenters. The number of hydrogen-bond donors (Lipinski definition) is 1. The molecule has 0 radical (unpaired) electrons. The van der Waals surface area contributed by atoms with Crippen molar-refractivity contribution < 1.29 is 18.0 Å². The van der Waals surface area contributed by atoms with E-state index in [1.54, 1.807) is 4.90 Å². The number of alkyl halides is 3. The van der Waals surface area contributed by atoms with Crippen LogP contribution in [0.5, 0.6) is 0 Å². The maximum absolute atomic E-state index is 12.1. The quantitative estimate of drug-likeness (QED) is 0.818. The molecule has 1 aliphatic heterocycles. The number of amides is 1. The Hall–Kier alpha value is -0.430. The number of carbonyl (C=O) groups excluding carboxylic acids is 1. The van der Waals surface area contributed by atoms with E-state index < -0.39 is 5.51 Å². The normalized spacial score (nSPS) is 24.6. The van der Waals surface area contributed by atoms with Crippen LogP contribution >= 0.6 is 11.8 Å². The maximum Gasteiger partial charge on any atom is 0.441 e. The summed E-state index contributed by atoms with van der Waals surface area (Å²) in [5.74, 6) is 0.203. The van der Waals surface area contributed by atoms with Gasteiger partial charge in [-0.3, -0.25) is 10.1 Å². The molecular weight excluding hydrogens is 277 g/mol. The molecule has 3 nitrogen and oxygen atoms in total. The molecule has 112 valence electrons. The van der Waals surface area contributed by atoms with Crippen LogP contribution in [0.15, 0.2) is 0 Å². The molecule has 1 amide bonds. The third kappa shape index (κ3) is 5.22. The van der Waals surface area contributed by atoms with E-state index in [0.717, 1.165) is 6.42 Å². The molecule has 7 heteroatoms. The molecule has 1 fully saturated rings. The van der Waals surface area contributed by atoms with Crippen molar-refractivity contribution in [2.75, 3.05) is 12.3 Å². The van der Waals surface area contributed by atoms with Crippen LogP contribution in [-0.2, 0) is 4.79 Å². The van der Waals surface area contributed by atoms with Crippen molar-refractivity contribution in [1.82, 2.24) is 10.2 Å². The zero-order valence-corrected chi connectivity index (χ0v) is 12.3. The number of halogens is 3. The molecule has 0 spiro atoms. The lowest BCUT2D eigenvalue weighted by atomic mass is 10.0. The first kappa shape index (κ1) is 16.6. The van der Waals surface area contributed by atoms with Gasteiger partial charge in [0, 0.05) is 12.3 Å². The molecule has 19 heavy (non-hydrogen) atoms. The van der Waals surface area contributed by atoms with Gasteiger partial charge in [-0.05, 0) is 30.5 Å². The topological polar surface area (TPSA) is 32.3 Å².